The molecule has 0 bridgehead atoms. The maximum Gasteiger partial charge on any atom is 0.252 e. The fourth-order valence-corrected chi connectivity index (χ4v) is 1.11. The summed E-state index contributed by atoms with van der Waals surface area (Å²) in [6.07, 6.45) is 2.20. The Hall–Kier alpha value is -2.11. The maximum atomic E-state index is 11.5. The first kappa shape index (κ1) is 12.0. The van der Waals surface area contributed by atoms with Crippen molar-refractivity contribution in [1.82, 2.24) is 10.3 Å². The van der Waals surface area contributed by atoms with Crippen LogP contribution in [-0.4, -0.2) is 23.3 Å². The number of anilines is 1. The number of amides is 2. The molecule has 0 aliphatic heterocycles. The van der Waals surface area contributed by atoms with E-state index >= 15 is 0 Å². The molecule has 6 heteroatoms. The van der Waals surface area contributed by atoms with Crippen molar-refractivity contribution in [3.05, 3.63) is 23.9 Å². The number of hydrogen-bond acceptors (Lipinski definition) is 4. The van der Waals surface area contributed by atoms with Gasteiger partial charge in [-0.25, -0.2) is 4.98 Å². The lowest BCUT2D eigenvalue weighted by Crippen LogP contribution is -2.25. The summed E-state index contributed by atoms with van der Waals surface area (Å²) in [7, 11) is 0. The van der Waals surface area contributed by atoms with Gasteiger partial charge in [0.15, 0.2) is 0 Å². The van der Waals surface area contributed by atoms with Gasteiger partial charge in [-0.15, -0.1) is 0 Å². The molecule has 16 heavy (non-hydrogen) atoms. The zero-order valence-electron chi connectivity index (χ0n) is 8.77. The Bertz CT molecular complexity index is 375. The Morgan fingerprint density at radius 2 is 2.12 bits per heavy atom. The first-order valence-electron chi connectivity index (χ1n) is 4.87. The van der Waals surface area contributed by atoms with E-state index < -0.39 is 0 Å². The van der Waals surface area contributed by atoms with E-state index in [0.717, 1.165) is 0 Å². The van der Waals surface area contributed by atoms with Crippen molar-refractivity contribution >= 4 is 17.6 Å². The Balaban J connectivity index is 2.35. The summed E-state index contributed by atoms with van der Waals surface area (Å²) >= 11 is 0. The van der Waals surface area contributed by atoms with Gasteiger partial charge in [-0.3, -0.25) is 9.59 Å². The average Bonchev–Trinajstić information content (AvgIpc) is 2.25. The summed E-state index contributed by atoms with van der Waals surface area (Å²) in [6, 6.07) is 3.14. The lowest BCUT2D eigenvalue weighted by Gasteiger charge is -2.03. The van der Waals surface area contributed by atoms with Crippen LogP contribution in [-0.2, 0) is 4.79 Å². The second-order valence-electron chi connectivity index (χ2n) is 3.30. The predicted molar refractivity (Wildman–Crippen MR) is 59.4 cm³/mol. The topological polar surface area (TPSA) is 111 Å². The number of nitrogens with two attached hydrogens (primary N) is 2. The molecule has 0 saturated carbocycles. The first-order chi connectivity index (χ1) is 7.59. The minimum atomic E-state index is -0.372. The molecule has 0 atom stereocenters. The largest absolute Gasteiger partial charge is 0.384 e. The molecule has 2 amide bonds. The molecule has 1 aromatic heterocycles. The van der Waals surface area contributed by atoms with Gasteiger partial charge in [-0.2, -0.15) is 0 Å². The smallest absolute Gasteiger partial charge is 0.252 e. The number of nitrogen functional groups attached to an aromatic ring is 1. The molecule has 0 aromatic carbocycles. The Labute approximate surface area is 93.0 Å². The van der Waals surface area contributed by atoms with Crippen molar-refractivity contribution in [2.45, 2.75) is 12.8 Å². The molecule has 0 saturated heterocycles. The molecule has 86 valence electrons. The molecule has 0 unspecified atom stereocenters. The van der Waals surface area contributed by atoms with Crippen molar-refractivity contribution in [2.75, 3.05) is 12.3 Å². The van der Waals surface area contributed by atoms with Gasteiger partial charge in [0, 0.05) is 19.2 Å². The van der Waals surface area contributed by atoms with E-state index in [4.69, 9.17) is 11.5 Å². The summed E-state index contributed by atoms with van der Waals surface area (Å²) < 4.78 is 0. The fourth-order valence-electron chi connectivity index (χ4n) is 1.11. The van der Waals surface area contributed by atoms with E-state index in [-0.39, 0.29) is 18.2 Å². The van der Waals surface area contributed by atoms with Gasteiger partial charge in [0.25, 0.3) is 5.91 Å². The van der Waals surface area contributed by atoms with E-state index in [1.165, 1.54) is 6.20 Å². The summed E-state index contributed by atoms with van der Waals surface area (Å²) in [5.41, 5.74) is 10.8. The standard InChI is InChI=1S/C10H14N4O2/c11-8-4-3-7(6-14-8)10(16)13-5-1-2-9(12)15/h3-4,6H,1-2,5H2,(H2,11,14)(H2,12,15)(H,13,16). The lowest BCUT2D eigenvalue weighted by atomic mass is 10.2. The van der Waals surface area contributed by atoms with Crippen LogP contribution in [0, 0.1) is 0 Å². The highest BCUT2D eigenvalue weighted by Gasteiger charge is 2.04. The summed E-state index contributed by atoms with van der Waals surface area (Å²) in [5.74, 6) is -0.245. The molecule has 1 aromatic rings. The van der Waals surface area contributed by atoms with Crippen LogP contribution in [0.4, 0.5) is 5.82 Å². The molecule has 0 radical (unpaired) electrons. The number of primary amides is 1. The van der Waals surface area contributed by atoms with E-state index in [0.29, 0.717) is 24.3 Å². The highest BCUT2D eigenvalue weighted by Crippen LogP contribution is 2.00. The summed E-state index contributed by atoms with van der Waals surface area (Å²) in [5, 5.41) is 2.65. The minimum absolute atomic E-state index is 0.239. The van der Waals surface area contributed by atoms with Crippen molar-refractivity contribution in [3.63, 3.8) is 0 Å². The van der Waals surface area contributed by atoms with Crippen LogP contribution in [0.3, 0.4) is 0 Å². The van der Waals surface area contributed by atoms with Gasteiger partial charge in [0.05, 0.1) is 5.56 Å². The van der Waals surface area contributed by atoms with Crippen LogP contribution in [0.5, 0.6) is 0 Å². The number of pyridine rings is 1. The second kappa shape index (κ2) is 5.69. The highest BCUT2D eigenvalue weighted by molar-refractivity contribution is 5.94. The van der Waals surface area contributed by atoms with Crippen LogP contribution in [0.1, 0.15) is 23.2 Å². The molecule has 0 aliphatic rings. The van der Waals surface area contributed by atoms with Gasteiger partial charge in [0.2, 0.25) is 5.91 Å². The van der Waals surface area contributed by atoms with Crippen LogP contribution < -0.4 is 16.8 Å². The normalized spacial score (nSPS) is 9.75. The maximum absolute atomic E-state index is 11.5. The molecular weight excluding hydrogens is 208 g/mol. The predicted octanol–water partition coefficient (Wildman–Crippen LogP) is -0.341. The number of carbonyl (C=O) groups is 2. The number of rotatable bonds is 5. The third kappa shape index (κ3) is 3.95. The van der Waals surface area contributed by atoms with Gasteiger partial charge in [-0.05, 0) is 18.6 Å². The number of hydrogen-bond donors (Lipinski definition) is 3. The van der Waals surface area contributed by atoms with Crippen molar-refractivity contribution in [3.8, 4) is 0 Å². The number of nitrogens with one attached hydrogen (secondary N) is 1. The Morgan fingerprint density at radius 1 is 1.38 bits per heavy atom. The second-order valence-corrected chi connectivity index (χ2v) is 3.30. The molecule has 6 nitrogen and oxygen atoms in total. The molecule has 0 spiro atoms. The zero-order valence-corrected chi connectivity index (χ0v) is 8.77. The van der Waals surface area contributed by atoms with E-state index in [1.807, 2.05) is 0 Å². The van der Waals surface area contributed by atoms with Crippen molar-refractivity contribution in [1.29, 1.82) is 0 Å². The third-order valence-electron chi connectivity index (χ3n) is 1.93. The van der Waals surface area contributed by atoms with Gasteiger partial charge < -0.3 is 16.8 Å². The summed E-state index contributed by atoms with van der Waals surface area (Å²) in [6.45, 7) is 0.409. The van der Waals surface area contributed by atoms with Crippen molar-refractivity contribution < 1.29 is 9.59 Å². The molecule has 1 rings (SSSR count). The zero-order chi connectivity index (χ0) is 12.0. The molecule has 1 heterocycles. The van der Waals surface area contributed by atoms with E-state index in [9.17, 15) is 9.59 Å². The minimum Gasteiger partial charge on any atom is -0.384 e. The molecule has 0 fully saturated rings. The number of carbonyl (C=O) groups excluding carboxylic acids is 2. The average molecular weight is 222 g/mol. The van der Waals surface area contributed by atoms with E-state index in [2.05, 4.69) is 10.3 Å². The fraction of sp³-hybridized carbons (Fsp3) is 0.300. The number of nitrogens with zero attached hydrogens (tertiary/aromatic N) is 1. The van der Waals surface area contributed by atoms with Crippen LogP contribution in [0.25, 0.3) is 0 Å². The van der Waals surface area contributed by atoms with Crippen LogP contribution in [0.2, 0.25) is 0 Å². The molecule has 5 N–H and O–H groups in total. The van der Waals surface area contributed by atoms with Gasteiger partial charge in [0.1, 0.15) is 5.82 Å². The summed E-state index contributed by atoms with van der Waals surface area (Å²) in [4.78, 5) is 25.7. The van der Waals surface area contributed by atoms with E-state index in [1.54, 1.807) is 12.1 Å². The van der Waals surface area contributed by atoms with Gasteiger partial charge >= 0.3 is 0 Å². The Kier molecular flexibility index (Phi) is 4.26. The highest BCUT2D eigenvalue weighted by atomic mass is 16.2. The third-order valence-corrected chi connectivity index (χ3v) is 1.93. The Morgan fingerprint density at radius 3 is 2.69 bits per heavy atom. The lowest BCUT2D eigenvalue weighted by molar-refractivity contribution is -0.118. The monoisotopic (exact) mass is 222 g/mol. The molecular formula is C10H14N4O2. The van der Waals surface area contributed by atoms with Crippen molar-refractivity contribution in [2.24, 2.45) is 5.73 Å². The molecule has 0 aliphatic carbocycles. The van der Waals surface area contributed by atoms with Gasteiger partial charge in [-0.1, -0.05) is 0 Å². The van der Waals surface area contributed by atoms with Crippen LogP contribution >= 0.6 is 0 Å². The SMILES string of the molecule is NC(=O)CCCNC(=O)c1ccc(N)nc1. The first-order valence-corrected chi connectivity index (χ1v) is 4.87. The quantitative estimate of drug-likeness (QED) is 0.591. The van der Waals surface area contributed by atoms with Crippen LogP contribution in [0.15, 0.2) is 18.3 Å². The number of aromatic nitrogens is 1.